The molecule has 3 N–H and O–H groups in total. The Morgan fingerprint density at radius 2 is 2.17 bits per heavy atom. The maximum Gasteiger partial charge on any atom is 0.240 e. The number of amides is 1. The van der Waals surface area contributed by atoms with Gasteiger partial charge in [-0.3, -0.25) is 4.79 Å². The minimum atomic E-state index is -0.495. The van der Waals surface area contributed by atoms with Crippen molar-refractivity contribution in [1.29, 1.82) is 0 Å². The zero-order valence-corrected chi connectivity index (χ0v) is 14.2. The van der Waals surface area contributed by atoms with Gasteiger partial charge in [0.1, 0.15) is 6.54 Å². The number of thiophene rings is 1. The Hall–Kier alpha value is -2.38. The number of fused-ring (bicyclic) bond motifs is 1. The van der Waals surface area contributed by atoms with Gasteiger partial charge in [0.05, 0.1) is 23.7 Å². The van der Waals surface area contributed by atoms with Crippen molar-refractivity contribution in [3.8, 4) is 0 Å². The molecule has 0 saturated heterocycles. The van der Waals surface area contributed by atoms with E-state index in [0.717, 1.165) is 15.9 Å². The van der Waals surface area contributed by atoms with Crippen LogP contribution in [0.1, 0.15) is 11.8 Å². The van der Waals surface area contributed by atoms with Gasteiger partial charge in [-0.25, -0.2) is 4.98 Å². The van der Waals surface area contributed by atoms with Crippen molar-refractivity contribution in [2.24, 2.45) is 0 Å². The molecule has 0 aliphatic heterocycles. The van der Waals surface area contributed by atoms with Gasteiger partial charge in [-0.05, 0) is 30.5 Å². The molecule has 0 aliphatic rings. The smallest absolute Gasteiger partial charge is 0.240 e. The molecule has 24 heavy (non-hydrogen) atoms. The molecule has 6 nitrogen and oxygen atoms in total. The Morgan fingerprint density at radius 1 is 1.33 bits per heavy atom. The summed E-state index contributed by atoms with van der Waals surface area (Å²) in [6.07, 6.45) is -0.495. The number of carbonyl (C=O) groups is 1. The molecule has 126 valence electrons. The summed E-state index contributed by atoms with van der Waals surface area (Å²) < 4.78 is 1.83. The first-order valence-corrected chi connectivity index (χ1v) is 8.67. The van der Waals surface area contributed by atoms with Crippen LogP contribution in [0.4, 0.5) is 5.95 Å². The second-order valence-corrected chi connectivity index (χ2v) is 6.63. The van der Waals surface area contributed by atoms with E-state index in [1.807, 2.05) is 46.3 Å². The number of hydrogen-bond acceptors (Lipinski definition) is 5. The van der Waals surface area contributed by atoms with Crippen LogP contribution in [0.15, 0.2) is 41.8 Å². The van der Waals surface area contributed by atoms with Gasteiger partial charge in [0, 0.05) is 11.4 Å². The molecular weight excluding hydrogens is 324 g/mol. The highest BCUT2D eigenvalue weighted by atomic mass is 32.1. The number of nitrogens with zero attached hydrogens (tertiary/aromatic N) is 2. The SMILES string of the molecule is C[C@H](O)CNc1nc2ccccc2n1CC(=O)NCc1cccs1. The van der Waals surface area contributed by atoms with Crippen molar-refractivity contribution < 1.29 is 9.90 Å². The molecule has 1 amide bonds. The third-order valence-corrected chi connectivity index (χ3v) is 4.43. The third-order valence-electron chi connectivity index (χ3n) is 3.55. The minimum Gasteiger partial charge on any atom is -0.392 e. The highest BCUT2D eigenvalue weighted by Gasteiger charge is 2.13. The lowest BCUT2D eigenvalue weighted by molar-refractivity contribution is -0.121. The first kappa shape index (κ1) is 16.5. The molecule has 0 fully saturated rings. The molecule has 0 bridgehead atoms. The number of carbonyl (C=O) groups excluding carboxylic acids is 1. The van der Waals surface area contributed by atoms with Crippen molar-refractivity contribution in [1.82, 2.24) is 14.9 Å². The monoisotopic (exact) mass is 344 g/mol. The van der Waals surface area contributed by atoms with Gasteiger partial charge in [0.15, 0.2) is 0 Å². The number of hydrogen-bond donors (Lipinski definition) is 3. The minimum absolute atomic E-state index is 0.0772. The highest BCUT2D eigenvalue weighted by Crippen LogP contribution is 2.19. The number of anilines is 1. The number of para-hydroxylation sites is 2. The zero-order valence-electron chi connectivity index (χ0n) is 13.4. The fraction of sp³-hybridized carbons (Fsp3) is 0.294. The van der Waals surface area contributed by atoms with Crippen LogP contribution in [0.25, 0.3) is 11.0 Å². The molecule has 0 radical (unpaired) electrons. The summed E-state index contributed by atoms with van der Waals surface area (Å²) in [4.78, 5) is 17.9. The van der Waals surface area contributed by atoms with E-state index in [1.165, 1.54) is 0 Å². The van der Waals surface area contributed by atoms with Crippen LogP contribution in [0.5, 0.6) is 0 Å². The van der Waals surface area contributed by atoms with Gasteiger partial charge < -0.3 is 20.3 Å². The molecular formula is C17H20N4O2S. The van der Waals surface area contributed by atoms with E-state index >= 15 is 0 Å². The van der Waals surface area contributed by atoms with Gasteiger partial charge in [-0.15, -0.1) is 11.3 Å². The maximum atomic E-state index is 12.3. The molecule has 0 saturated carbocycles. The Morgan fingerprint density at radius 3 is 2.92 bits per heavy atom. The Labute approximate surface area is 144 Å². The molecule has 3 aromatic rings. The fourth-order valence-corrected chi connectivity index (χ4v) is 3.05. The van der Waals surface area contributed by atoms with E-state index in [4.69, 9.17) is 0 Å². The standard InChI is InChI=1S/C17H20N4O2S/c1-12(22)9-19-17-20-14-6-2-3-7-15(14)21(17)11-16(23)18-10-13-5-4-8-24-13/h2-8,12,22H,9-11H2,1H3,(H,18,23)(H,19,20)/t12-/m0/s1. The van der Waals surface area contributed by atoms with Crippen molar-refractivity contribution >= 4 is 34.2 Å². The maximum absolute atomic E-state index is 12.3. The van der Waals surface area contributed by atoms with E-state index in [0.29, 0.717) is 19.0 Å². The lowest BCUT2D eigenvalue weighted by Gasteiger charge is -2.12. The number of aliphatic hydroxyl groups is 1. The van der Waals surface area contributed by atoms with Gasteiger partial charge in [-0.2, -0.15) is 0 Å². The van der Waals surface area contributed by atoms with Crippen LogP contribution in [0.3, 0.4) is 0 Å². The lowest BCUT2D eigenvalue weighted by Crippen LogP contribution is -2.28. The van der Waals surface area contributed by atoms with Crippen molar-refractivity contribution in [3.05, 3.63) is 46.7 Å². The first-order chi connectivity index (χ1) is 11.6. The van der Waals surface area contributed by atoms with Gasteiger partial charge >= 0.3 is 0 Å². The number of imidazole rings is 1. The van der Waals surface area contributed by atoms with Crippen molar-refractivity contribution in [2.75, 3.05) is 11.9 Å². The zero-order chi connectivity index (χ0) is 16.9. The summed E-state index contributed by atoms with van der Waals surface area (Å²) in [7, 11) is 0. The average molecular weight is 344 g/mol. The summed E-state index contributed by atoms with van der Waals surface area (Å²) >= 11 is 1.62. The van der Waals surface area contributed by atoms with Crippen molar-refractivity contribution in [3.63, 3.8) is 0 Å². The summed E-state index contributed by atoms with van der Waals surface area (Å²) in [5, 5.41) is 17.5. The van der Waals surface area contributed by atoms with E-state index < -0.39 is 6.10 Å². The molecule has 0 aliphatic carbocycles. The average Bonchev–Trinajstić information content (AvgIpc) is 3.19. The molecule has 2 heterocycles. The summed E-state index contributed by atoms with van der Waals surface area (Å²) in [5.74, 6) is 0.509. The van der Waals surface area contributed by atoms with Gasteiger partial charge in [0.25, 0.3) is 0 Å². The number of aliphatic hydroxyl groups excluding tert-OH is 1. The Kier molecular flexibility index (Phi) is 5.12. The molecule has 0 spiro atoms. The predicted molar refractivity (Wildman–Crippen MR) is 96.1 cm³/mol. The normalized spacial score (nSPS) is 12.2. The first-order valence-electron chi connectivity index (χ1n) is 7.80. The Balaban J connectivity index is 1.75. The Bertz CT molecular complexity index is 811. The van der Waals surface area contributed by atoms with E-state index in [2.05, 4.69) is 15.6 Å². The number of rotatable bonds is 7. The number of benzene rings is 1. The van der Waals surface area contributed by atoms with E-state index in [9.17, 15) is 9.90 Å². The topological polar surface area (TPSA) is 79.2 Å². The largest absolute Gasteiger partial charge is 0.392 e. The summed E-state index contributed by atoms with van der Waals surface area (Å²) in [6, 6.07) is 11.6. The third kappa shape index (κ3) is 3.93. The van der Waals surface area contributed by atoms with Crippen LogP contribution in [0, 0.1) is 0 Å². The number of aromatic nitrogens is 2. The fourth-order valence-electron chi connectivity index (χ4n) is 2.41. The van der Waals surface area contributed by atoms with Gasteiger partial charge in [0.2, 0.25) is 11.9 Å². The van der Waals surface area contributed by atoms with Gasteiger partial charge in [-0.1, -0.05) is 18.2 Å². The molecule has 1 atom stereocenters. The molecule has 2 aromatic heterocycles. The molecule has 3 rings (SSSR count). The van der Waals surface area contributed by atoms with Crippen LogP contribution in [-0.2, 0) is 17.9 Å². The summed E-state index contributed by atoms with van der Waals surface area (Å²) in [6.45, 7) is 2.78. The summed E-state index contributed by atoms with van der Waals surface area (Å²) in [5.41, 5.74) is 1.70. The van der Waals surface area contributed by atoms with Crippen LogP contribution < -0.4 is 10.6 Å². The quantitative estimate of drug-likeness (QED) is 0.614. The molecule has 0 unspecified atom stereocenters. The number of nitrogens with one attached hydrogen (secondary N) is 2. The highest BCUT2D eigenvalue weighted by molar-refractivity contribution is 7.09. The second kappa shape index (κ2) is 7.46. The molecule has 1 aromatic carbocycles. The van der Waals surface area contributed by atoms with Crippen molar-refractivity contribution in [2.45, 2.75) is 26.1 Å². The van der Waals surface area contributed by atoms with E-state index in [1.54, 1.807) is 18.3 Å². The second-order valence-electron chi connectivity index (χ2n) is 5.60. The molecule has 7 heteroatoms. The van der Waals surface area contributed by atoms with E-state index in [-0.39, 0.29) is 12.5 Å². The predicted octanol–water partition coefficient (Wildman–Crippen LogP) is 2.21. The van der Waals surface area contributed by atoms with Crippen LogP contribution in [-0.4, -0.2) is 33.2 Å². The van der Waals surface area contributed by atoms with Crippen LogP contribution >= 0.6 is 11.3 Å². The van der Waals surface area contributed by atoms with Crippen LogP contribution in [0.2, 0.25) is 0 Å². The lowest BCUT2D eigenvalue weighted by atomic mass is 10.3.